The first-order valence-corrected chi connectivity index (χ1v) is 5.55. The minimum absolute atomic E-state index is 0.129. The molecule has 1 aromatic rings. The zero-order valence-electron chi connectivity index (χ0n) is 9.68. The molecule has 6 heteroatoms. The van der Waals surface area contributed by atoms with Gasteiger partial charge < -0.3 is 10.2 Å². The summed E-state index contributed by atoms with van der Waals surface area (Å²) < 4.78 is 1.86. The van der Waals surface area contributed by atoms with Crippen LogP contribution in [0.2, 0.25) is 0 Å². The van der Waals surface area contributed by atoms with Crippen LogP contribution in [0.5, 0.6) is 0 Å². The molecule has 0 aromatic carbocycles. The van der Waals surface area contributed by atoms with Crippen molar-refractivity contribution in [3.05, 3.63) is 12.2 Å². The third kappa shape index (κ3) is 2.21. The quantitative estimate of drug-likeness (QED) is 0.770. The maximum absolute atomic E-state index is 11.6. The van der Waals surface area contributed by atoms with Crippen LogP contribution in [0.4, 0.5) is 0 Å². The minimum atomic E-state index is 0.129. The summed E-state index contributed by atoms with van der Waals surface area (Å²) in [4.78, 5) is 17.6. The van der Waals surface area contributed by atoms with Crippen LogP contribution in [-0.4, -0.2) is 45.2 Å². The van der Waals surface area contributed by atoms with Gasteiger partial charge in [0.25, 0.3) is 0 Å². The summed E-state index contributed by atoms with van der Waals surface area (Å²) in [6, 6.07) is 0.274. The number of amides is 1. The molecule has 2 rings (SSSR count). The molecule has 1 fully saturated rings. The van der Waals surface area contributed by atoms with E-state index < -0.39 is 0 Å². The molecule has 0 bridgehead atoms. The Bertz CT molecular complexity index is 373. The number of aromatic nitrogens is 3. The van der Waals surface area contributed by atoms with Gasteiger partial charge in [-0.15, -0.1) is 0 Å². The van der Waals surface area contributed by atoms with E-state index in [1.54, 1.807) is 6.33 Å². The second-order valence-corrected chi connectivity index (χ2v) is 4.21. The highest BCUT2D eigenvalue weighted by atomic mass is 16.2. The standard InChI is InChI=1S/C10H17N5O/c1-8(2)15-9(12-7-13-15)6-14-4-3-11-5-10(14)16/h7-8,11H,3-6H2,1-2H3. The lowest BCUT2D eigenvalue weighted by atomic mass is 10.3. The Hall–Kier alpha value is -1.43. The van der Waals surface area contributed by atoms with Crippen LogP contribution in [0, 0.1) is 0 Å². The molecule has 1 amide bonds. The molecule has 2 heterocycles. The number of nitrogens with one attached hydrogen (secondary N) is 1. The molecule has 6 nitrogen and oxygen atoms in total. The van der Waals surface area contributed by atoms with Gasteiger partial charge in [-0.2, -0.15) is 5.10 Å². The second-order valence-electron chi connectivity index (χ2n) is 4.21. The number of carbonyl (C=O) groups excluding carboxylic acids is 1. The number of nitrogens with zero attached hydrogens (tertiary/aromatic N) is 4. The van der Waals surface area contributed by atoms with Crippen molar-refractivity contribution >= 4 is 5.91 Å². The number of hydrogen-bond acceptors (Lipinski definition) is 4. The van der Waals surface area contributed by atoms with Gasteiger partial charge in [-0.05, 0) is 13.8 Å². The van der Waals surface area contributed by atoms with Gasteiger partial charge >= 0.3 is 0 Å². The highest BCUT2D eigenvalue weighted by Crippen LogP contribution is 2.08. The molecule has 0 spiro atoms. The highest BCUT2D eigenvalue weighted by Gasteiger charge is 2.20. The molecule has 1 aliphatic heterocycles. The number of hydrogen-bond donors (Lipinski definition) is 1. The van der Waals surface area contributed by atoms with Crippen molar-refractivity contribution < 1.29 is 4.79 Å². The molecule has 1 aromatic heterocycles. The van der Waals surface area contributed by atoms with E-state index in [-0.39, 0.29) is 11.9 Å². The van der Waals surface area contributed by atoms with E-state index in [1.807, 2.05) is 9.58 Å². The van der Waals surface area contributed by atoms with E-state index in [0.29, 0.717) is 13.1 Å². The lowest BCUT2D eigenvalue weighted by Crippen LogP contribution is -2.47. The summed E-state index contributed by atoms with van der Waals surface area (Å²) in [6.07, 6.45) is 1.54. The lowest BCUT2D eigenvalue weighted by Gasteiger charge is -2.27. The van der Waals surface area contributed by atoms with Crippen molar-refractivity contribution in [1.82, 2.24) is 25.0 Å². The van der Waals surface area contributed by atoms with E-state index in [1.165, 1.54) is 0 Å². The van der Waals surface area contributed by atoms with Gasteiger partial charge in [0, 0.05) is 19.1 Å². The van der Waals surface area contributed by atoms with Gasteiger partial charge in [-0.1, -0.05) is 0 Å². The number of rotatable bonds is 3. The Kier molecular flexibility index (Phi) is 3.19. The number of carbonyl (C=O) groups is 1. The Morgan fingerprint density at radius 2 is 2.38 bits per heavy atom. The molecule has 88 valence electrons. The van der Waals surface area contributed by atoms with Gasteiger partial charge in [-0.3, -0.25) is 4.79 Å². The van der Waals surface area contributed by atoms with E-state index >= 15 is 0 Å². The summed E-state index contributed by atoms with van der Waals surface area (Å²) in [5, 5.41) is 7.21. The summed E-state index contributed by atoms with van der Waals surface area (Å²) in [6.45, 7) is 6.68. The van der Waals surface area contributed by atoms with Crippen molar-refractivity contribution in [1.29, 1.82) is 0 Å². The first-order chi connectivity index (χ1) is 7.68. The van der Waals surface area contributed by atoms with Crippen LogP contribution in [-0.2, 0) is 11.3 Å². The van der Waals surface area contributed by atoms with E-state index in [9.17, 15) is 4.79 Å². The normalized spacial score (nSPS) is 17.2. The molecule has 0 atom stereocenters. The molecule has 1 saturated heterocycles. The van der Waals surface area contributed by atoms with Gasteiger partial charge in [0.2, 0.25) is 5.91 Å². The monoisotopic (exact) mass is 223 g/mol. The fourth-order valence-electron chi connectivity index (χ4n) is 1.80. The predicted octanol–water partition coefficient (Wildman–Crippen LogP) is -0.209. The van der Waals surface area contributed by atoms with Crippen LogP contribution >= 0.6 is 0 Å². The maximum Gasteiger partial charge on any atom is 0.236 e. The molecule has 16 heavy (non-hydrogen) atoms. The molecule has 0 radical (unpaired) electrons. The van der Waals surface area contributed by atoms with Crippen molar-refractivity contribution in [3.63, 3.8) is 0 Å². The molecular formula is C10H17N5O. The molecule has 1 N–H and O–H groups in total. The largest absolute Gasteiger partial charge is 0.333 e. The van der Waals surface area contributed by atoms with Crippen LogP contribution in [0.1, 0.15) is 25.7 Å². The Labute approximate surface area is 94.6 Å². The van der Waals surface area contributed by atoms with E-state index in [0.717, 1.165) is 18.9 Å². The first-order valence-electron chi connectivity index (χ1n) is 5.55. The second kappa shape index (κ2) is 4.61. The Morgan fingerprint density at radius 3 is 3.06 bits per heavy atom. The summed E-state index contributed by atoms with van der Waals surface area (Å²) >= 11 is 0. The van der Waals surface area contributed by atoms with Gasteiger partial charge in [0.1, 0.15) is 12.2 Å². The minimum Gasteiger partial charge on any atom is -0.333 e. The molecular weight excluding hydrogens is 206 g/mol. The average molecular weight is 223 g/mol. The molecule has 1 aliphatic rings. The van der Waals surface area contributed by atoms with Crippen molar-refractivity contribution in [2.75, 3.05) is 19.6 Å². The fraction of sp³-hybridized carbons (Fsp3) is 0.700. The summed E-state index contributed by atoms with van der Waals surface area (Å²) in [5.41, 5.74) is 0. The summed E-state index contributed by atoms with van der Waals surface area (Å²) in [5.74, 6) is 0.981. The van der Waals surface area contributed by atoms with Crippen LogP contribution in [0.15, 0.2) is 6.33 Å². The van der Waals surface area contributed by atoms with Crippen molar-refractivity contribution in [2.45, 2.75) is 26.4 Å². The smallest absolute Gasteiger partial charge is 0.236 e. The zero-order chi connectivity index (χ0) is 11.5. The zero-order valence-corrected chi connectivity index (χ0v) is 9.68. The van der Waals surface area contributed by atoms with Crippen molar-refractivity contribution in [2.24, 2.45) is 0 Å². The van der Waals surface area contributed by atoms with Gasteiger partial charge in [-0.25, -0.2) is 9.67 Å². The van der Waals surface area contributed by atoms with Gasteiger partial charge in [0.05, 0.1) is 13.1 Å². The SMILES string of the molecule is CC(C)n1ncnc1CN1CCNCC1=O. The predicted molar refractivity (Wildman–Crippen MR) is 58.7 cm³/mol. The van der Waals surface area contributed by atoms with Crippen molar-refractivity contribution in [3.8, 4) is 0 Å². The first kappa shape index (κ1) is 11.1. The highest BCUT2D eigenvalue weighted by molar-refractivity contribution is 5.78. The van der Waals surface area contributed by atoms with Crippen LogP contribution in [0.25, 0.3) is 0 Å². The molecule has 0 aliphatic carbocycles. The Balaban J connectivity index is 2.07. The molecule has 0 unspecified atom stereocenters. The number of piperazine rings is 1. The van der Waals surface area contributed by atoms with E-state index in [2.05, 4.69) is 29.2 Å². The Morgan fingerprint density at radius 1 is 1.56 bits per heavy atom. The fourth-order valence-corrected chi connectivity index (χ4v) is 1.80. The van der Waals surface area contributed by atoms with Gasteiger partial charge in [0.15, 0.2) is 0 Å². The lowest BCUT2D eigenvalue weighted by molar-refractivity contribution is -0.132. The third-order valence-electron chi connectivity index (χ3n) is 2.66. The van der Waals surface area contributed by atoms with Crippen LogP contribution < -0.4 is 5.32 Å². The van der Waals surface area contributed by atoms with E-state index in [4.69, 9.17) is 0 Å². The topological polar surface area (TPSA) is 63.1 Å². The maximum atomic E-state index is 11.6. The molecule has 0 saturated carbocycles. The third-order valence-corrected chi connectivity index (χ3v) is 2.66. The van der Waals surface area contributed by atoms with Crippen LogP contribution in [0.3, 0.4) is 0 Å². The summed E-state index contributed by atoms with van der Waals surface area (Å²) in [7, 11) is 0. The average Bonchev–Trinajstić information content (AvgIpc) is 2.69.